The van der Waals surface area contributed by atoms with Crippen LogP contribution in [0.5, 0.6) is 0 Å². The molecule has 4 heteroatoms. The van der Waals surface area contributed by atoms with Crippen LogP contribution >= 0.6 is 0 Å². The lowest BCUT2D eigenvalue weighted by Crippen LogP contribution is -2.45. The maximum atomic E-state index is 9.52. The van der Waals surface area contributed by atoms with Crippen LogP contribution in [-0.2, 0) is 19.7 Å². The second-order valence-corrected chi connectivity index (χ2v) is 7.63. The van der Waals surface area contributed by atoms with E-state index in [0.29, 0.717) is 0 Å². The highest BCUT2D eigenvalue weighted by atomic mass is 16.3. The molecule has 4 nitrogen and oxygen atoms in total. The van der Waals surface area contributed by atoms with Crippen molar-refractivity contribution in [3.63, 3.8) is 0 Å². The van der Waals surface area contributed by atoms with E-state index in [1.807, 2.05) is 12.1 Å². The fourth-order valence-corrected chi connectivity index (χ4v) is 3.95. The maximum absolute atomic E-state index is 9.52. The standard InChI is InChI=1S/C23H28N2O2/c1-17-7-8-22-21(13-17)18(2)23(27-22)15-25-11-9-24(10-12-25)14-19-5-3-4-6-20(19)16-26/h3-8,13,26H,9-12,14-16H2,1-2H3. The molecule has 0 amide bonds. The van der Waals surface area contributed by atoms with E-state index in [4.69, 9.17) is 4.42 Å². The first-order chi connectivity index (χ1) is 13.1. The number of piperazine rings is 1. The van der Waals surface area contributed by atoms with Crippen molar-refractivity contribution in [1.29, 1.82) is 0 Å². The van der Waals surface area contributed by atoms with Crippen LogP contribution < -0.4 is 0 Å². The zero-order valence-electron chi connectivity index (χ0n) is 16.2. The number of hydrogen-bond acceptors (Lipinski definition) is 4. The zero-order chi connectivity index (χ0) is 18.8. The number of fused-ring (bicyclic) bond motifs is 1. The van der Waals surface area contributed by atoms with E-state index in [-0.39, 0.29) is 6.61 Å². The van der Waals surface area contributed by atoms with Gasteiger partial charge in [0.25, 0.3) is 0 Å². The van der Waals surface area contributed by atoms with Gasteiger partial charge < -0.3 is 9.52 Å². The Bertz CT molecular complexity index is 923. The molecule has 1 aliphatic rings. The smallest absolute Gasteiger partial charge is 0.134 e. The maximum Gasteiger partial charge on any atom is 0.134 e. The lowest BCUT2D eigenvalue weighted by atomic mass is 10.1. The SMILES string of the molecule is Cc1ccc2oc(CN3CCN(Cc4ccccc4CO)CC3)c(C)c2c1. The summed E-state index contributed by atoms with van der Waals surface area (Å²) in [6, 6.07) is 14.6. The van der Waals surface area contributed by atoms with Crippen LogP contribution in [0.15, 0.2) is 46.9 Å². The van der Waals surface area contributed by atoms with Gasteiger partial charge >= 0.3 is 0 Å². The molecular formula is C23H28N2O2. The molecular weight excluding hydrogens is 336 g/mol. The highest BCUT2D eigenvalue weighted by Gasteiger charge is 2.20. The van der Waals surface area contributed by atoms with Crippen LogP contribution in [0, 0.1) is 13.8 Å². The molecule has 1 aliphatic heterocycles. The topological polar surface area (TPSA) is 39.9 Å². The summed E-state index contributed by atoms with van der Waals surface area (Å²) >= 11 is 0. The summed E-state index contributed by atoms with van der Waals surface area (Å²) in [4.78, 5) is 4.95. The summed E-state index contributed by atoms with van der Waals surface area (Å²) in [5, 5.41) is 10.8. The second kappa shape index (κ2) is 7.85. The summed E-state index contributed by atoms with van der Waals surface area (Å²) in [7, 11) is 0. The Hall–Kier alpha value is -2.14. The lowest BCUT2D eigenvalue weighted by Gasteiger charge is -2.34. The largest absolute Gasteiger partial charge is 0.459 e. The molecule has 1 N–H and O–H groups in total. The van der Waals surface area contributed by atoms with E-state index < -0.39 is 0 Å². The van der Waals surface area contributed by atoms with E-state index >= 15 is 0 Å². The number of benzene rings is 2. The zero-order valence-corrected chi connectivity index (χ0v) is 16.2. The van der Waals surface area contributed by atoms with Crippen molar-refractivity contribution >= 4 is 11.0 Å². The van der Waals surface area contributed by atoms with Crippen LogP contribution in [0.25, 0.3) is 11.0 Å². The molecule has 1 fully saturated rings. The quantitative estimate of drug-likeness (QED) is 0.746. The Balaban J connectivity index is 1.38. The third-order valence-electron chi connectivity index (χ3n) is 5.71. The van der Waals surface area contributed by atoms with Crippen molar-refractivity contribution in [3.8, 4) is 0 Å². The molecule has 27 heavy (non-hydrogen) atoms. The van der Waals surface area contributed by atoms with Crippen molar-refractivity contribution in [2.45, 2.75) is 33.5 Å². The molecule has 142 valence electrons. The molecule has 0 bridgehead atoms. The number of aliphatic hydroxyl groups excluding tert-OH is 1. The molecule has 0 spiro atoms. The molecule has 0 atom stereocenters. The average Bonchev–Trinajstić information content (AvgIpc) is 2.99. The summed E-state index contributed by atoms with van der Waals surface area (Å²) < 4.78 is 6.13. The number of hydrogen-bond donors (Lipinski definition) is 1. The predicted molar refractivity (Wildman–Crippen MR) is 109 cm³/mol. The molecule has 4 rings (SSSR count). The Labute approximate surface area is 161 Å². The molecule has 3 aromatic rings. The summed E-state index contributed by atoms with van der Waals surface area (Å²) in [6.45, 7) is 10.3. The van der Waals surface area contributed by atoms with E-state index in [2.05, 4.69) is 54.0 Å². The van der Waals surface area contributed by atoms with Gasteiger partial charge in [0.05, 0.1) is 13.2 Å². The Morgan fingerprint density at radius 3 is 2.26 bits per heavy atom. The van der Waals surface area contributed by atoms with Crippen molar-refractivity contribution in [3.05, 3.63) is 70.5 Å². The first-order valence-corrected chi connectivity index (χ1v) is 9.75. The van der Waals surface area contributed by atoms with Crippen LogP contribution in [0.4, 0.5) is 0 Å². The van der Waals surface area contributed by atoms with E-state index in [1.165, 1.54) is 22.1 Å². The predicted octanol–water partition coefficient (Wildman–Crippen LogP) is 3.86. The number of rotatable bonds is 5. The first-order valence-electron chi connectivity index (χ1n) is 9.75. The monoisotopic (exact) mass is 364 g/mol. The molecule has 0 unspecified atom stereocenters. The van der Waals surface area contributed by atoms with Gasteiger partial charge in [0.2, 0.25) is 0 Å². The minimum absolute atomic E-state index is 0.112. The molecule has 2 heterocycles. The summed E-state index contributed by atoms with van der Waals surface area (Å²) in [5.41, 5.74) is 5.81. The van der Waals surface area contributed by atoms with E-state index in [1.54, 1.807) is 0 Å². The second-order valence-electron chi connectivity index (χ2n) is 7.63. The van der Waals surface area contributed by atoms with Crippen LogP contribution in [0.1, 0.15) is 28.0 Å². The first kappa shape index (κ1) is 18.2. The van der Waals surface area contributed by atoms with Gasteiger partial charge in [-0.1, -0.05) is 35.9 Å². The van der Waals surface area contributed by atoms with Gasteiger partial charge in [0.1, 0.15) is 11.3 Å². The number of nitrogens with zero attached hydrogens (tertiary/aromatic N) is 2. The Morgan fingerprint density at radius 2 is 1.56 bits per heavy atom. The van der Waals surface area contributed by atoms with Gasteiger partial charge in [-0.05, 0) is 42.7 Å². The van der Waals surface area contributed by atoms with Crippen molar-refractivity contribution < 1.29 is 9.52 Å². The summed E-state index contributed by atoms with van der Waals surface area (Å²) in [5.74, 6) is 1.09. The highest BCUT2D eigenvalue weighted by molar-refractivity contribution is 5.82. The molecule has 2 aromatic carbocycles. The van der Waals surface area contributed by atoms with E-state index in [0.717, 1.165) is 56.2 Å². The van der Waals surface area contributed by atoms with Gasteiger partial charge in [0.15, 0.2) is 0 Å². The highest BCUT2D eigenvalue weighted by Crippen LogP contribution is 2.27. The fourth-order valence-electron chi connectivity index (χ4n) is 3.95. The van der Waals surface area contributed by atoms with Crippen molar-refractivity contribution in [1.82, 2.24) is 9.80 Å². The van der Waals surface area contributed by atoms with Crippen molar-refractivity contribution in [2.75, 3.05) is 26.2 Å². The number of aryl methyl sites for hydroxylation is 2. The minimum Gasteiger partial charge on any atom is -0.459 e. The summed E-state index contributed by atoms with van der Waals surface area (Å²) in [6.07, 6.45) is 0. The molecule has 0 aliphatic carbocycles. The molecule has 0 radical (unpaired) electrons. The third-order valence-corrected chi connectivity index (χ3v) is 5.71. The van der Waals surface area contributed by atoms with Crippen molar-refractivity contribution in [2.24, 2.45) is 0 Å². The van der Waals surface area contributed by atoms with Gasteiger partial charge in [-0.3, -0.25) is 9.80 Å². The Kier molecular flexibility index (Phi) is 5.30. The molecule has 1 aromatic heterocycles. The number of aliphatic hydroxyl groups is 1. The average molecular weight is 364 g/mol. The van der Waals surface area contributed by atoms with Crippen LogP contribution in [0.3, 0.4) is 0 Å². The third kappa shape index (κ3) is 3.93. The minimum atomic E-state index is 0.112. The normalized spacial score (nSPS) is 16.3. The van der Waals surface area contributed by atoms with Crippen LogP contribution in [-0.4, -0.2) is 41.1 Å². The Morgan fingerprint density at radius 1 is 0.889 bits per heavy atom. The lowest BCUT2D eigenvalue weighted by molar-refractivity contribution is 0.115. The van der Waals surface area contributed by atoms with Gasteiger partial charge in [0, 0.05) is 38.1 Å². The van der Waals surface area contributed by atoms with E-state index in [9.17, 15) is 5.11 Å². The van der Waals surface area contributed by atoms with Gasteiger partial charge in [-0.2, -0.15) is 0 Å². The van der Waals surface area contributed by atoms with Gasteiger partial charge in [-0.25, -0.2) is 0 Å². The fraction of sp³-hybridized carbons (Fsp3) is 0.391. The number of furan rings is 1. The molecule has 1 saturated heterocycles. The van der Waals surface area contributed by atoms with Gasteiger partial charge in [-0.15, -0.1) is 0 Å². The van der Waals surface area contributed by atoms with Crippen LogP contribution in [0.2, 0.25) is 0 Å². The molecule has 0 saturated carbocycles.